The molecule has 1 aromatic heterocycles. The van der Waals surface area contributed by atoms with Crippen LogP contribution in [-0.4, -0.2) is 16.8 Å². The minimum Gasteiger partial charge on any atom is -0.423 e. The van der Waals surface area contributed by atoms with Gasteiger partial charge in [-0.05, 0) is 72.2 Å². The van der Waals surface area contributed by atoms with E-state index in [-0.39, 0.29) is 12.5 Å². The molecule has 3 amide bonds. The summed E-state index contributed by atoms with van der Waals surface area (Å²) in [5.41, 5.74) is 2.54. The molecule has 0 bridgehead atoms. The molecular formula is C24H21ClN2O4. The highest BCUT2D eigenvalue weighted by Crippen LogP contribution is 2.35. The predicted molar refractivity (Wildman–Crippen MR) is 117 cm³/mol. The number of nitrogens with one attached hydrogen (secondary N) is 1. The van der Waals surface area contributed by atoms with Crippen LogP contribution in [0.15, 0.2) is 51.7 Å². The maximum atomic E-state index is 13.5. The lowest BCUT2D eigenvalue weighted by Crippen LogP contribution is -2.43. The fraction of sp³-hybridized carbons (Fsp3) is 0.292. The molecule has 0 radical (unpaired) electrons. The zero-order chi connectivity index (χ0) is 21.8. The Morgan fingerprint density at radius 2 is 1.77 bits per heavy atom. The van der Waals surface area contributed by atoms with E-state index < -0.39 is 17.2 Å². The average Bonchev–Trinajstić information content (AvgIpc) is 3.30. The first-order valence-corrected chi connectivity index (χ1v) is 10.8. The molecule has 7 heteroatoms. The Labute approximate surface area is 183 Å². The van der Waals surface area contributed by atoms with Crippen molar-refractivity contribution in [3.8, 4) is 0 Å². The number of hydrogen-bond acceptors (Lipinski definition) is 4. The van der Waals surface area contributed by atoms with Crippen molar-refractivity contribution in [1.82, 2.24) is 10.2 Å². The molecule has 0 saturated carbocycles. The molecule has 158 valence electrons. The molecule has 1 saturated heterocycles. The molecule has 1 N–H and O–H groups in total. The Morgan fingerprint density at radius 3 is 2.48 bits per heavy atom. The van der Waals surface area contributed by atoms with E-state index in [1.165, 1.54) is 22.1 Å². The Hall–Kier alpha value is -3.12. The van der Waals surface area contributed by atoms with Gasteiger partial charge in [0.2, 0.25) is 0 Å². The van der Waals surface area contributed by atoms with Crippen LogP contribution in [0.5, 0.6) is 0 Å². The van der Waals surface area contributed by atoms with Gasteiger partial charge in [0, 0.05) is 16.5 Å². The van der Waals surface area contributed by atoms with Crippen molar-refractivity contribution in [3.63, 3.8) is 0 Å². The third kappa shape index (κ3) is 3.13. The van der Waals surface area contributed by atoms with Gasteiger partial charge in [-0.1, -0.05) is 30.7 Å². The van der Waals surface area contributed by atoms with E-state index >= 15 is 0 Å². The molecule has 0 spiro atoms. The van der Waals surface area contributed by atoms with E-state index in [1.54, 1.807) is 24.3 Å². The average molecular weight is 437 g/mol. The fourth-order valence-electron chi connectivity index (χ4n) is 4.74. The van der Waals surface area contributed by atoms with Gasteiger partial charge >= 0.3 is 11.7 Å². The number of imide groups is 1. The van der Waals surface area contributed by atoms with E-state index in [2.05, 4.69) is 5.32 Å². The lowest BCUT2D eigenvalue weighted by molar-refractivity contribution is -0.132. The maximum Gasteiger partial charge on any atom is 0.336 e. The maximum absolute atomic E-state index is 13.5. The smallest absolute Gasteiger partial charge is 0.336 e. The first kappa shape index (κ1) is 19.8. The number of urea groups is 1. The van der Waals surface area contributed by atoms with Gasteiger partial charge in [0.25, 0.3) is 5.91 Å². The van der Waals surface area contributed by atoms with Crippen LogP contribution in [0.2, 0.25) is 5.02 Å². The number of carbonyl (C=O) groups is 2. The summed E-state index contributed by atoms with van der Waals surface area (Å²) in [4.78, 5) is 39.7. The summed E-state index contributed by atoms with van der Waals surface area (Å²) in [7, 11) is 0. The van der Waals surface area contributed by atoms with Crippen molar-refractivity contribution >= 4 is 34.5 Å². The third-order valence-corrected chi connectivity index (χ3v) is 6.67. The van der Waals surface area contributed by atoms with Crippen LogP contribution < -0.4 is 10.9 Å². The molecule has 1 fully saturated rings. The first-order valence-electron chi connectivity index (χ1n) is 10.4. The van der Waals surface area contributed by atoms with Gasteiger partial charge in [-0.3, -0.25) is 9.69 Å². The number of halogens is 1. The van der Waals surface area contributed by atoms with Crippen LogP contribution in [-0.2, 0) is 29.7 Å². The second-order valence-corrected chi connectivity index (χ2v) is 8.58. The summed E-state index contributed by atoms with van der Waals surface area (Å²) in [5, 5.41) is 4.19. The molecule has 1 atom stereocenters. The van der Waals surface area contributed by atoms with Crippen LogP contribution >= 0.6 is 11.6 Å². The summed E-state index contributed by atoms with van der Waals surface area (Å²) in [6.45, 7) is 1.85. The van der Waals surface area contributed by atoms with E-state index in [0.29, 0.717) is 28.2 Å². The summed E-state index contributed by atoms with van der Waals surface area (Å²) in [6, 6.07) is 11.7. The molecule has 6 nitrogen and oxygen atoms in total. The van der Waals surface area contributed by atoms with Crippen molar-refractivity contribution in [3.05, 3.63) is 80.2 Å². The van der Waals surface area contributed by atoms with Crippen molar-refractivity contribution in [2.45, 2.75) is 44.7 Å². The van der Waals surface area contributed by atoms with Crippen molar-refractivity contribution < 1.29 is 14.0 Å². The van der Waals surface area contributed by atoms with Gasteiger partial charge < -0.3 is 9.73 Å². The van der Waals surface area contributed by atoms with Crippen LogP contribution in [0, 0.1) is 0 Å². The molecule has 5 rings (SSSR count). The molecule has 1 aliphatic heterocycles. The number of fused-ring (bicyclic) bond motifs is 2. The molecule has 3 aromatic rings. The van der Waals surface area contributed by atoms with Crippen LogP contribution in [0.25, 0.3) is 11.0 Å². The van der Waals surface area contributed by atoms with Crippen LogP contribution in [0.1, 0.15) is 42.0 Å². The minimum atomic E-state index is -1.15. The first-order chi connectivity index (χ1) is 14.9. The number of amides is 3. The van der Waals surface area contributed by atoms with Crippen LogP contribution in [0.4, 0.5) is 4.79 Å². The Morgan fingerprint density at radius 1 is 1.06 bits per heavy atom. The van der Waals surface area contributed by atoms with E-state index in [1.807, 2.05) is 19.1 Å². The monoisotopic (exact) mass is 436 g/mol. The SMILES string of the molecule is CCC1(c2ccc(Cl)cc2)NC(=O)N(Cc2cc(=O)oc3cc4c(cc23)CCC4)C1=O. The largest absolute Gasteiger partial charge is 0.423 e. The second-order valence-electron chi connectivity index (χ2n) is 8.15. The normalized spacial score (nSPS) is 20.4. The molecule has 2 heterocycles. The van der Waals surface area contributed by atoms with Gasteiger partial charge in [-0.15, -0.1) is 0 Å². The van der Waals surface area contributed by atoms with E-state index in [0.717, 1.165) is 24.6 Å². The number of carbonyl (C=O) groups excluding carboxylic acids is 2. The Balaban J connectivity index is 1.55. The molecule has 31 heavy (non-hydrogen) atoms. The number of rotatable bonds is 4. The lowest BCUT2D eigenvalue weighted by Gasteiger charge is -2.26. The van der Waals surface area contributed by atoms with Crippen molar-refractivity contribution in [2.75, 3.05) is 0 Å². The van der Waals surface area contributed by atoms with Gasteiger partial charge in [0.15, 0.2) is 0 Å². The molecular weight excluding hydrogens is 416 g/mol. The standard InChI is InChI=1S/C24H21ClN2O4/c1-2-24(17-6-8-18(25)9-7-17)22(29)27(23(30)26-24)13-16-12-21(28)31-20-11-15-5-3-4-14(15)10-19(16)20/h6-12H,2-5,13H2,1H3,(H,26,30). The zero-order valence-electron chi connectivity index (χ0n) is 17.0. The van der Waals surface area contributed by atoms with E-state index in [9.17, 15) is 14.4 Å². The van der Waals surface area contributed by atoms with Gasteiger partial charge in [0.1, 0.15) is 11.1 Å². The molecule has 1 unspecified atom stereocenters. The highest BCUT2D eigenvalue weighted by molar-refractivity contribution is 6.30. The summed E-state index contributed by atoms with van der Waals surface area (Å²) >= 11 is 6.00. The highest BCUT2D eigenvalue weighted by atomic mass is 35.5. The summed E-state index contributed by atoms with van der Waals surface area (Å²) in [6.07, 6.45) is 3.40. The molecule has 2 aliphatic rings. The minimum absolute atomic E-state index is 0.000886. The third-order valence-electron chi connectivity index (χ3n) is 6.41. The predicted octanol–water partition coefficient (Wildman–Crippen LogP) is 4.29. The summed E-state index contributed by atoms with van der Waals surface area (Å²) in [5.74, 6) is -0.343. The molecule has 2 aromatic carbocycles. The number of nitrogens with zero attached hydrogens (tertiary/aromatic N) is 1. The number of aryl methyl sites for hydroxylation is 2. The fourth-order valence-corrected chi connectivity index (χ4v) is 4.87. The number of hydrogen-bond donors (Lipinski definition) is 1. The van der Waals surface area contributed by atoms with Crippen molar-refractivity contribution in [1.29, 1.82) is 0 Å². The quantitative estimate of drug-likeness (QED) is 0.488. The van der Waals surface area contributed by atoms with Gasteiger partial charge in [-0.25, -0.2) is 9.59 Å². The van der Waals surface area contributed by atoms with Gasteiger partial charge in [-0.2, -0.15) is 0 Å². The highest BCUT2D eigenvalue weighted by Gasteiger charge is 2.51. The zero-order valence-corrected chi connectivity index (χ0v) is 17.8. The summed E-state index contributed by atoms with van der Waals surface area (Å²) < 4.78 is 5.42. The van der Waals surface area contributed by atoms with Gasteiger partial charge in [0.05, 0.1) is 6.54 Å². The Kier molecular flexibility index (Phi) is 4.63. The van der Waals surface area contributed by atoms with Crippen molar-refractivity contribution in [2.24, 2.45) is 0 Å². The molecule has 1 aliphatic carbocycles. The topological polar surface area (TPSA) is 79.6 Å². The van der Waals surface area contributed by atoms with E-state index in [4.69, 9.17) is 16.0 Å². The second kappa shape index (κ2) is 7.24. The number of benzene rings is 2. The Bertz CT molecular complexity index is 1280. The lowest BCUT2D eigenvalue weighted by atomic mass is 9.87. The van der Waals surface area contributed by atoms with Crippen LogP contribution in [0.3, 0.4) is 0 Å².